The fourth-order valence-corrected chi connectivity index (χ4v) is 3.16. The molecule has 1 amide bonds. The van der Waals surface area contributed by atoms with Gasteiger partial charge in [0.25, 0.3) is 5.91 Å². The van der Waals surface area contributed by atoms with Crippen molar-refractivity contribution in [3.8, 4) is 11.1 Å². The number of pyridine rings is 1. The van der Waals surface area contributed by atoms with E-state index in [4.69, 9.17) is 0 Å². The minimum atomic E-state index is -3.36. The van der Waals surface area contributed by atoms with E-state index in [0.29, 0.717) is 16.5 Å². The SMILES string of the molecule is CNS(=O)(=O)CCNC(=O)c1ccc(-c2cnc3cccc(F)c3c2)cc1. The van der Waals surface area contributed by atoms with Crippen molar-refractivity contribution in [3.05, 3.63) is 66.1 Å². The van der Waals surface area contributed by atoms with Crippen LogP contribution in [-0.2, 0) is 10.0 Å². The number of carbonyl (C=O) groups excluding carboxylic acids is 1. The number of sulfonamides is 1. The van der Waals surface area contributed by atoms with Crippen molar-refractivity contribution < 1.29 is 17.6 Å². The zero-order valence-electron chi connectivity index (χ0n) is 14.6. The molecule has 0 aliphatic carbocycles. The molecule has 1 aromatic heterocycles. The van der Waals surface area contributed by atoms with Crippen molar-refractivity contribution in [2.45, 2.75) is 0 Å². The van der Waals surface area contributed by atoms with Crippen molar-refractivity contribution in [1.29, 1.82) is 0 Å². The van der Waals surface area contributed by atoms with E-state index < -0.39 is 10.0 Å². The predicted molar refractivity (Wildman–Crippen MR) is 102 cm³/mol. The largest absolute Gasteiger partial charge is 0.351 e. The summed E-state index contributed by atoms with van der Waals surface area (Å²) in [5.41, 5.74) is 2.51. The fourth-order valence-electron chi connectivity index (χ4n) is 2.59. The van der Waals surface area contributed by atoms with Crippen molar-refractivity contribution in [2.75, 3.05) is 19.3 Å². The second-order valence-corrected chi connectivity index (χ2v) is 7.93. The number of hydrogen-bond acceptors (Lipinski definition) is 4. The van der Waals surface area contributed by atoms with Crippen LogP contribution in [0, 0.1) is 5.82 Å². The Hall–Kier alpha value is -2.84. The summed E-state index contributed by atoms with van der Waals surface area (Å²) in [6.07, 6.45) is 1.65. The second-order valence-electron chi connectivity index (χ2n) is 5.89. The van der Waals surface area contributed by atoms with E-state index in [1.54, 1.807) is 48.7 Å². The maximum absolute atomic E-state index is 13.9. The molecule has 0 atom stereocenters. The average molecular weight is 387 g/mol. The first-order valence-electron chi connectivity index (χ1n) is 8.24. The maximum atomic E-state index is 13.9. The lowest BCUT2D eigenvalue weighted by atomic mass is 10.0. The highest BCUT2D eigenvalue weighted by atomic mass is 32.2. The second kappa shape index (κ2) is 7.81. The van der Waals surface area contributed by atoms with E-state index in [0.717, 1.165) is 11.1 Å². The van der Waals surface area contributed by atoms with Crippen LogP contribution in [0.4, 0.5) is 4.39 Å². The molecular formula is C19H18FN3O3S. The molecule has 0 radical (unpaired) electrons. The van der Waals surface area contributed by atoms with Crippen LogP contribution in [0.3, 0.4) is 0 Å². The third-order valence-electron chi connectivity index (χ3n) is 4.12. The van der Waals surface area contributed by atoms with Gasteiger partial charge in [-0.25, -0.2) is 17.5 Å². The van der Waals surface area contributed by atoms with Crippen LogP contribution in [0.15, 0.2) is 54.7 Å². The first-order chi connectivity index (χ1) is 12.9. The Bertz CT molecular complexity index is 1080. The molecule has 0 aliphatic heterocycles. The van der Waals surface area contributed by atoms with Gasteiger partial charge in [0.1, 0.15) is 5.82 Å². The number of nitrogens with one attached hydrogen (secondary N) is 2. The van der Waals surface area contributed by atoms with Gasteiger partial charge in [0.2, 0.25) is 10.0 Å². The van der Waals surface area contributed by atoms with Crippen LogP contribution < -0.4 is 10.0 Å². The highest BCUT2D eigenvalue weighted by Crippen LogP contribution is 2.24. The van der Waals surface area contributed by atoms with E-state index in [9.17, 15) is 17.6 Å². The van der Waals surface area contributed by atoms with Crippen molar-refractivity contribution in [2.24, 2.45) is 0 Å². The van der Waals surface area contributed by atoms with Gasteiger partial charge >= 0.3 is 0 Å². The normalized spacial score (nSPS) is 11.5. The number of carbonyl (C=O) groups is 1. The highest BCUT2D eigenvalue weighted by Gasteiger charge is 2.10. The van der Waals surface area contributed by atoms with Gasteiger partial charge in [-0.2, -0.15) is 0 Å². The van der Waals surface area contributed by atoms with E-state index in [-0.39, 0.29) is 24.0 Å². The summed E-state index contributed by atoms with van der Waals surface area (Å²) >= 11 is 0. The summed E-state index contributed by atoms with van der Waals surface area (Å²) in [5, 5.41) is 2.99. The van der Waals surface area contributed by atoms with Gasteiger partial charge in [-0.15, -0.1) is 0 Å². The molecule has 1 heterocycles. The third kappa shape index (κ3) is 4.47. The summed E-state index contributed by atoms with van der Waals surface area (Å²) in [7, 11) is -2.04. The summed E-state index contributed by atoms with van der Waals surface area (Å²) in [6.45, 7) is 0.0115. The molecule has 2 aromatic carbocycles. The Morgan fingerprint density at radius 3 is 2.56 bits per heavy atom. The van der Waals surface area contributed by atoms with Crippen LogP contribution in [0.2, 0.25) is 0 Å². The number of halogens is 1. The van der Waals surface area contributed by atoms with Crippen molar-refractivity contribution in [3.63, 3.8) is 0 Å². The Labute approximate surface area is 156 Å². The molecule has 3 aromatic rings. The number of nitrogens with zero attached hydrogens (tertiary/aromatic N) is 1. The number of fused-ring (bicyclic) bond motifs is 1. The Morgan fingerprint density at radius 1 is 1.11 bits per heavy atom. The highest BCUT2D eigenvalue weighted by molar-refractivity contribution is 7.89. The molecule has 0 fully saturated rings. The zero-order valence-corrected chi connectivity index (χ0v) is 15.4. The van der Waals surface area contributed by atoms with Crippen LogP contribution in [0.1, 0.15) is 10.4 Å². The van der Waals surface area contributed by atoms with Crippen molar-refractivity contribution in [1.82, 2.24) is 15.0 Å². The van der Waals surface area contributed by atoms with Crippen LogP contribution in [-0.4, -0.2) is 38.7 Å². The Balaban J connectivity index is 1.73. The lowest BCUT2D eigenvalue weighted by molar-refractivity contribution is 0.0956. The number of hydrogen-bond donors (Lipinski definition) is 2. The molecule has 0 spiro atoms. The van der Waals surface area contributed by atoms with E-state index in [1.807, 2.05) is 0 Å². The van der Waals surface area contributed by atoms with E-state index in [1.165, 1.54) is 13.1 Å². The molecule has 8 heteroatoms. The Morgan fingerprint density at radius 2 is 1.85 bits per heavy atom. The zero-order chi connectivity index (χ0) is 19.4. The van der Waals surface area contributed by atoms with Gasteiger partial charge in [-0.1, -0.05) is 18.2 Å². The van der Waals surface area contributed by atoms with E-state index in [2.05, 4.69) is 15.0 Å². The molecule has 0 unspecified atom stereocenters. The molecule has 0 bridgehead atoms. The van der Waals surface area contributed by atoms with Gasteiger partial charge in [0.05, 0.1) is 11.3 Å². The van der Waals surface area contributed by atoms with E-state index >= 15 is 0 Å². The number of rotatable bonds is 6. The standard InChI is InChI=1S/C19H18FN3O3S/c1-21-27(25,26)10-9-22-19(24)14-7-5-13(6-8-14)15-11-16-17(20)3-2-4-18(16)23-12-15/h2-8,11-12,21H,9-10H2,1H3,(H,22,24). The monoisotopic (exact) mass is 387 g/mol. The number of amides is 1. The minimum absolute atomic E-state index is 0.0115. The quantitative estimate of drug-likeness (QED) is 0.679. The average Bonchev–Trinajstić information content (AvgIpc) is 2.68. The maximum Gasteiger partial charge on any atom is 0.251 e. The summed E-state index contributed by atoms with van der Waals surface area (Å²) in [4.78, 5) is 16.4. The van der Waals surface area contributed by atoms with Gasteiger partial charge < -0.3 is 5.32 Å². The number of benzene rings is 2. The van der Waals surface area contributed by atoms with Crippen LogP contribution >= 0.6 is 0 Å². The minimum Gasteiger partial charge on any atom is -0.351 e. The molecule has 27 heavy (non-hydrogen) atoms. The van der Waals surface area contributed by atoms with Gasteiger partial charge in [-0.05, 0) is 42.9 Å². The molecule has 0 saturated carbocycles. The molecule has 140 valence electrons. The lowest BCUT2D eigenvalue weighted by Crippen LogP contribution is -2.32. The molecular weight excluding hydrogens is 369 g/mol. The predicted octanol–water partition coefficient (Wildman–Crippen LogP) is 2.32. The Kier molecular flexibility index (Phi) is 5.48. The smallest absolute Gasteiger partial charge is 0.251 e. The summed E-state index contributed by atoms with van der Waals surface area (Å²) in [6, 6.07) is 13.2. The van der Waals surface area contributed by atoms with Gasteiger partial charge in [0.15, 0.2) is 0 Å². The fraction of sp³-hybridized carbons (Fsp3) is 0.158. The van der Waals surface area contributed by atoms with Gasteiger partial charge in [-0.3, -0.25) is 9.78 Å². The molecule has 0 saturated heterocycles. The lowest BCUT2D eigenvalue weighted by Gasteiger charge is -2.07. The molecule has 0 aliphatic rings. The first kappa shape index (κ1) is 18.9. The summed E-state index contributed by atoms with van der Waals surface area (Å²) in [5.74, 6) is -0.897. The van der Waals surface area contributed by atoms with Gasteiger partial charge in [0, 0.05) is 29.3 Å². The molecule has 6 nitrogen and oxygen atoms in total. The molecule has 3 rings (SSSR count). The summed E-state index contributed by atoms with van der Waals surface area (Å²) < 4.78 is 38.8. The molecule has 2 N–H and O–H groups in total. The van der Waals surface area contributed by atoms with Crippen LogP contribution in [0.25, 0.3) is 22.0 Å². The third-order valence-corrected chi connectivity index (χ3v) is 5.48. The first-order valence-corrected chi connectivity index (χ1v) is 9.89. The topological polar surface area (TPSA) is 88.2 Å². The van der Waals surface area contributed by atoms with Crippen molar-refractivity contribution >= 4 is 26.8 Å². The van der Waals surface area contributed by atoms with Crippen LogP contribution in [0.5, 0.6) is 0 Å². The number of aromatic nitrogens is 1.